The van der Waals surface area contributed by atoms with Crippen LogP contribution in [0.4, 0.5) is 0 Å². The predicted octanol–water partition coefficient (Wildman–Crippen LogP) is 3.16. The summed E-state index contributed by atoms with van der Waals surface area (Å²) in [5, 5.41) is 7.71. The molecule has 0 aliphatic carbocycles. The van der Waals surface area contributed by atoms with Crippen molar-refractivity contribution in [2.24, 2.45) is 0 Å². The summed E-state index contributed by atoms with van der Waals surface area (Å²) in [6.07, 6.45) is 3.91. The molecule has 2 rings (SSSR count). The molecule has 0 saturated carbocycles. The number of amides is 1. The maximum atomic E-state index is 12.8. The summed E-state index contributed by atoms with van der Waals surface area (Å²) in [4.78, 5) is 14.8. The van der Waals surface area contributed by atoms with E-state index in [0.717, 1.165) is 25.7 Å². The molecule has 118 valence electrons. The van der Waals surface area contributed by atoms with E-state index < -0.39 is 0 Å². The van der Waals surface area contributed by atoms with Crippen molar-refractivity contribution in [2.75, 3.05) is 13.7 Å². The van der Waals surface area contributed by atoms with E-state index in [0.29, 0.717) is 6.61 Å². The van der Waals surface area contributed by atoms with Crippen molar-refractivity contribution in [3.05, 3.63) is 22.4 Å². The molecule has 21 heavy (non-hydrogen) atoms. The molecule has 1 N–H and O–H groups in total. The number of carbonyl (C=O) groups excluding carboxylic acids is 1. The van der Waals surface area contributed by atoms with Crippen molar-refractivity contribution in [2.45, 2.75) is 57.8 Å². The second-order valence-electron chi connectivity index (χ2n) is 5.61. The number of nitrogens with one attached hydrogen (secondary N) is 1. The third-order valence-corrected chi connectivity index (χ3v) is 4.70. The maximum Gasteiger partial charge on any atom is 0.241 e. The predicted molar refractivity (Wildman–Crippen MR) is 86.3 cm³/mol. The van der Waals surface area contributed by atoms with Gasteiger partial charge in [0.1, 0.15) is 6.17 Å². The Labute approximate surface area is 131 Å². The molecule has 3 atom stereocenters. The van der Waals surface area contributed by atoms with E-state index in [2.05, 4.69) is 36.0 Å². The zero-order chi connectivity index (χ0) is 15.2. The van der Waals surface area contributed by atoms with E-state index >= 15 is 0 Å². The highest BCUT2D eigenvalue weighted by molar-refractivity contribution is 7.07. The minimum atomic E-state index is -0.0592. The molecule has 1 aliphatic rings. The second-order valence-corrected chi connectivity index (χ2v) is 6.39. The SMILES string of the molecule is CCCC1NC(c2ccsc2)N(C(CCC)COC)C1=O. The molecule has 0 bridgehead atoms. The number of hydrogen-bond acceptors (Lipinski definition) is 4. The highest BCUT2D eigenvalue weighted by atomic mass is 32.1. The molecule has 1 aromatic heterocycles. The minimum Gasteiger partial charge on any atom is -0.383 e. The summed E-state index contributed by atoms with van der Waals surface area (Å²) in [6, 6.07) is 2.19. The fraction of sp³-hybridized carbons (Fsp3) is 0.688. The van der Waals surface area contributed by atoms with Gasteiger partial charge < -0.3 is 9.64 Å². The first-order valence-corrected chi connectivity index (χ1v) is 8.76. The van der Waals surface area contributed by atoms with Crippen LogP contribution < -0.4 is 5.32 Å². The normalized spacial score (nSPS) is 23.8. The standard InChI is InChI=1S/C16H26N2O2S/c1-4-6-13(10-20-3)18-15(12-8-9-21-11-12)17-14(7-5-2)16(18)19/h8-9,11,13-15,17H,4-7,10H2,1-3H3. The highest BCUT2D eigenvalue weighted by Crippen LogP contribution is 2.31. The van der Waals surface area contributed by atoms with Gasteiger partial charge in [0.05, 0.1) is 18.7 Å². The molecular weight excluding hydrogens is 284 g/mol. The average Bonchev–Trinajstić information content (AvgIpc) is 3.08. The number of rotatable bonds is 8. The molecule has 4 nitrogen and oxygen atoms in total. The van der Waals surface area contributed by atoms with Crippen molar-refractivity contribution in [3.8, 4) is 0 Å². The van der Waals surface area contributed by atoms with Crippen LogP contribution in [0, 0.1) is 0 Å². The first-order valence-electron chi connectivity index (χ1n) is 7.82. The zero-order valence-corrected chi connectivity index (χ0v) is 14.0. The van der Waals surface area contributed by atoms with E-state index in [1.165, 1.54) is 5.56 Å². The summed E-state index contributed by atoms with van der Waals surface area (Å²) >= 11 is 1.67. The summed E-state index contributed by atoms with van der Waals surface area (Å²) in [7, 11) is 1.71. The first-order chi connectivity index (χ1) is 10.2. The van der Waals surface area contributed by atoms with Crippen molar-refractivity contribution in [3.63, 3.8) is 0 Å². The third kappa shape index (κ3) is 3.65. The topological polar surface area (TPSA) is 41.6 Å². The molecule has 1 aromatic rings. The summed E-state index contributed by atoms with van der Waals surface area (Å²) < 4.78 is 5.36. The molecule has 3 unspecified atom stereocenters. The lowest BCUT2D eigenvalue weighted by Gasteiger charge is -2.32. The molecule has 1 aliphatic heterocycles. The molecule has 0 spiro atoms. The van der Waals surface area contributed by atoms with Gasteiger partial charge in [0, 0.05) is 7.11 Å². The summed E-state index contributed by atoms with van der Waals surface area (Å²) in [5.74, 6) is 0.226. The van der Waals surface area contributed by atoms with Crippen molar-refractivity contribution < 1.29 is 9.53 Å². The highest BCUT2D eigenvalue weighted by Gasteiger charge is 2.42. The van der Waals surface area contributed by atoms with Crippen LogP contribution in [0.2, 0.25) is 0 Å². The van der Waals surface area contributed by atoms with Crippen molar-refractivity contribution >= 4 is 17.2 Å². The second kappa shape index (κ2) is 7.92. The molecule has 1 fully saturated rings. The van der Waals surface area contributed by atoms with Gasteiger partial charge in [-0.2, -0.15) is 11.3 Å². The largest absolute Gasteiger partial charge is 0.383 e. The van der Waals surface area contributed by atoms with E-state index in [9.17, 15) is 4.79 Å². The Balaban J connectivity index is 2.25. The van der Waals surface area contributed by atoms with Crippen LogP contribution in [0.5, 0.6) is 0 Å². The summed E-state index contributed by atoms with van der Waals surface area (Å²) in [5.41, 5.74) is 1.18. The summed E-state index contributed by atoms with van der Waals surface area (Å²) in [6.45, 7) is 4.87. The first kappa shape index (κ1) is 16.5. The van der Waals surface area contributed by atoms with Gasteiger partial charge in [-0.15, -0.1) is 0 Å². The van der Waals surface area contributed by atoms with E-state index in [1.54, 1.807) is 18.4 Å². The van der Waals surface area contributed by atoms with Crippen LogP contribution >= 0.6 is 11.3 Å². The van der Waals surface area contributed by atoms with Crippen molar-refractivity contribution in [1.29, 1.82) is 0 Å². The number of carbonyl (C=O) groups is 1. The Hall–Kier alpha value is -0.910. The third-order valence-electron chi connectivity index (χ3n) is 4.00. The lowest BCUT2D eigenvalue weighted by atomic mass is 10.1. The smallest absolute Gasteiger partial charge is 0.241 e. The zero-order valence-electron chi connectivity index (χ0n) is 13.2. The Bertz CT molecular complexity index is 429. The maximum absolute atomic E-state index is 12.8. The van der Waals surface area contributed by atoms with Crippen LogP contribution in [0.25, 0.3) is 0 Å². The Morgan fingerprint density at radius 1 is 1.43 bits per heavy atom. The Morgan fingerprint density at radius 2 is 2.24 bits per heavy atom. The fourth-order valence-electron chi connectivity index (χ4n) is 3.05. The van der Waals surface area contributed by atoms with Crippen LogP contribution in [-0.2, 0) is 9.53 Å². The lowest BCUT2D eigenvalue weighted by molar-refractivity contribution is -0.133. The van der Waals surface area contributed by atoms with Crippen LogP contribution in [0.1, 0.15) is 51.3 Å². The minimum absolute atomic E-state index is 0.00741. The van der Waals surface area contributed by atoms with Gasteiger partial charge in [0.25, 0.3) is 0 Å². The number of ether oxygens (including phenoxy) is 1. The van der Waals surface area contributed by atoms with Gasteiger partial charge in [0.15, 0.2) is 0 Å². The number of hydrogen-bond donors (Lipinski definition) is 1. The van der Waals surface area contributed by atoms with Gasteiger partial charge in [-0.05, 0) is 35.2 Å². The van der Waals surface area contributed by atoms with Gasteiger partial charge in [-0.25, -0.2) is 0 Å². The number of methoxy groups -OCH3 is 1. The van der Waals surface area contributed by atoms with Crippen LogP contribution in [-0.4, -0.2) is 36.6 Å². The van der Waals surface area contributed by atoms with Crippen LogP contribution in [0.3, 0.4) is 0 Å². The van der Waals surface area contributed by atoms with Gasteiger partial charge in [0.2, 0.25) is 5.91 Å². The molecular formula is C16H26N2O2S. The molecule has 0 aromatic carbocycles. The Kier molecular flexibility index (Phi) is 6.21. The van der Waals surface area contributed by atoms with Gasteiger partial charge in [-0.1, -0.05) is 26.7 Å². The molecule has 0 radical (unpaired) electrons. The lowest BCUT2D eigenvalue weighted by Crippen LogP contribution is -2.42. The monoisotopic (exact) mass is 310 g/mol. The van der Waals surface area contributed by atoms with Crippen molar-refractivity contribution in [1.82, 2.24) is 10.2 Å². The van der Waals surface area contributed by atoms with E-state index in [-0.39, 0.29) is 24.2 Å². The van der Waals surface area contributed by atoms with E-state index in [4.69, 9.17) is 4.74 Å². The average molecular weight is 310 g/mol. The molecule has 1 amide bonds. The molecule has 2 heterocycles. The molecule has 5 heteroatoms. The van der Waals surface area contributed by atoms with Crippen LogP contribution in [0.15, 0.2) is 16.8 Å². The number of nitrogens with zero attached hydrogens (tertiary/aromatic N) is 1. The molecule has 1 saturated heterocycles. The fourth-order valence-corrected chi connectivity index (χ4v) is 3.73. The number of thiophene rings is 1. The Morgan fingerprint density at radius 3 is 2.81 bits per heavy atom. The van der Waals surface area contributed by atoms with Gasteiger partial charge >= 0.3 is 0 Å². The van der Waals surface area contributed by atoms with Gasteiger partial charge in [-0.3, -0.25) is 10.1 Å². The quantitative estimate of drug-likeness (QED) is 0.802. The van der Waals surface area contributed by atoms with E-state index in [1.807, 2.05) is 4.90 Å².